The van der Waals surface area contributed by atoms with Crippen LogP contribution in [0.3, 0.4) is 0 Å². The van der Waals surface area contributed by atoms with E-state index >= 15 is 0 Å². The fourth-order valence-corrected chi connectivity index (χ4v) is 3.53. The van der Waals surface area contributed by atoms with Crippen LogP contribution in [0.15, 0.2) is 18.5 Å². The molecular formula is C15H24N4O2. The molecule has 1 aliphatic heterocycles. The van der Waals surface area contributed by atoms with Crippen LogP contribution in [0.4, 0.5) is 0 Å². The molecular weight excluding hydrogens is 268 g/mol. The van der Waals surface area contributed by atoms with Crippen molar-refractivity contribution in [2.24, 2.45) is 17.6 Å². The van der Waals surface area contributed by atoms with Crippen molar-refractivity contribution in [1.82, 2.24) is 14.7 Å². The number of ether oxygens (including phenoxy) is 1. The van der Waals surface area contributed by atoms with Gasteiger partial charge in [-0.2, -0.15) is 5.10 Å². The topological polar surface area (TPSA) is 73.4 Å². The summed E-state index contributed by atoms with van der Waals surface area (Å²) in [5.41, 5.74) is 5.80. The number of rotatable bonds is 4. The minimum atomic E-state index is 0.0281. The second-order valence-corrected chi connectivity index (χ2v) is 6.04. The lowest BCUT2D eigenvalue weighted by atomic mass is 9.94. The Labute approximate surface area is 125 Å². The highest BCUT2D eigenvalue weighted by Gasteiger charge is 2.36. The van der Waals surface area contributed by atoms with Crippen LogP contribution in [0.2, 0.25) is 0 Å². The summed E-state index contributed by atoms with van der Waals surface area (Å²) in [5.74, 6) is 0.764. The van der Waals surface area contributed by atoms with Gasteiger partial charge in [-0.1, -0.05) is 6.42 Å². The molecule has 1 aromatic heterocycles. The first-order valence-electron chi connectivity index (χ1n) is 7.86. The van der Waals surface area contributed by atoms with Crippen LogP contribution in [0, 0.1) is 11.8 Å². The van der Waals surface area contributed by atoms with Crippen molar-refractivity contribution in [2.75, 3.05) is 26.2 Å². The monoisotopic (exact) mass is 292 g/mol. The number of hydrogen-bond donors (Lipinski definition) is 1. The molecule has 6 heteroatoms. The molecule has 1 unspecified atom stereocenters. The largest absolute Gasteiger partial charge is 0.373 e. The van der Waals surface area contributed by atoms with Crippen LogP contribution in [0.5, 0.6) is 0 Å². The minimum Gasteiger partial charge on any atom is -0.373 e. The summed E-state index contributed by atoms with van der Waals surface area (Å²) in [6.45, 7) is 3.28. The predicted octanol–water partition coefficient (Wildman–Crippen LogP) is 0.486. The third-order valence-electron chi connectivity index (χ3n) is 4.68. The number of aromatic nitrogens is 2. The van der Waals surface area contributed by atoms with Gasteiger partial charge in [0.05, 0.1) is 19.3 Å². The number of morpholine rings is 1. The number of carbonyl (C=O) groups excluding carboxylic acids is 1. The fourth-order valence-electron chi connectivity index (χ4n) is 3.53. The molecule has 21 heavy (non-hydrogen) atoms. The Morgan fingerprint density at radius 2 is 2.33 bits per heavy atom. The van der Waals surface area contributed by atoms with Crippen LogP contribution in [0.1, 0.15) is 19.3 Å². The first-order valence-corrected chi connectivity index (χ1v) is 7.86. The van der Waals surface area contributed by atoms with E-state index in [1.165, 1.54) is 0 Å². The number of carbonyl (C=O) groups is 1. The van der Waals surface area contributed by atoms with Gasteiger partial charge in [0.15, 0.2) is 0 Å². The molecule has 1 saturated heterocycles. The Balaban J connectivity index is 1.59. The molecule has 0 radical (unpaired) electrons. The van der Waals surface area contributed by atoms with Gasteiger partial charge in [-0.15, -0.1) is 0 Å². The van der Waals surface area contributed by atoms with Gasteiger partial charge < -0.3 is 15.4 Å². The van der Waals surface area contributed by atoms with Gasteiger partial charge in [-0.05, 0) is 31.4 Å². The van der Waals surface area contributed by atoms with Crippen molar-refractivity contribution in [3.05, 3.63) is 18.5 Å². The maximum absolute atomic E-state index is 12.7. The summed E-state index contributed by atoms with van der Waals surface area (Å²) >= 11 is 0. The molecule has 3 atom stereocenters. The van der Waals surface area contributed by atoms with Gasteiger partial charge in [-0.25, -0.2) is 0 Å². The van der Waals surface area contributed by atoms with Crippen molar-refractivity contribution in [3.63, 3.8) is 0 Å². The highest BCUT2D eigenvalue weighted by atomic mass is 16.5. The molecule has 0 spiro atoms. The summed E-state index contributed by atoms with van der Waals surface area (Å²) in [5, 5.41) is 4.20. The van der Waals surface area contributed by atoms with E-state index in [0.29, 0.717) is 38.7 Å². The predicted molar refractivity (Wildman–Crippen MR) is 78.4 cm³/mol. The highest BCUT2D eigenvalue weighted by molar-refractivity contribution is 5.79. The lowest BCUT2D eigenvalue weighted by Crippen LogP contribution is -2.49. The molecule has 2 aliphatic rings. The van der Waals surface area contributed by atoms with Crippen molar-refractivity contribution in [3.8, 4) is 0 Å². The molecule has 2 N–H and O–H groups in total. The third-order valence-corrected chi connectivity index (χ3v) is 4.68. The summed E-state index contributed by atoms with van der Waals surface area (Å²) in [4.78, 5) is 14.7. The summed E-state index contributed by atoms with van der Waals surface area (Å²) in [6.07, 6.45) is 6.91. The number of hydrogen-bond acceptors (Lipinski definition) is 4. The number of nitrogens with zero attached hydrogens (tertiary/aromatic N) is 3. The van der Waals surface area contributed by atoms with E-state index in [0.717, 1.165) is 19.3 Å². The van der Waals surface area contributed by atoms with Gasteiger partial charge in [0.25, 0.3) is 0 Å². The Kier molecular flexibility index (Phi) is 4.55. The zero-order valence-electron chi connectivity index (χ0n) is 12.4. The number of nitrogens with two attached hydrogens (primary N) is 1. The fraction of sp³-hybridized carbons (Fsp3) is 0.733. The van der Waals surface area contributed by atoms with Gasteiger partial charge in [0, 0.05) is 31.4 Å². The van der Waals surface area contributed by atoms with Crippen LogP contribution >= 0.6 is 0 Å². The average molecular weight is 292 g/mol. The van der Waals surface area contributed by atoms with Crippen molar-refractivity contribution >= 4 is 5.91 Å². The molecule has 2 heterocycles. The standard InChI is InChI=1S/C15H24N4O2/c16-9-12-3-1-4-14(12)15(20)18-7-8-21-13(10-18)11-19-6-2-5-17-19/h2,5-6,12-14H,1,3-4,7-11,16H2/t12-,13?,14-/m1/s1. The van der Waals surface area contributed by atoms with Crippen molar-refractivity contribution in [1.29, 1.82) is 0 Å². The van der Waals surface area contributed by atoms with Crippen LogP contribution in [-0.4, -0.2) is 52.9 Å². The second-order valence-electron chi connectivity index (χ2n) is 6.04. The van der Waals surface area contributed by atoms with Crippen molar-refractivity contribution < 1.29 is 9.53 Å². The van der Waals surface area contributed by atoms with Crippen LogP contribution < -0.4 is 5.73 Å². The molecule has 116 valence electrons. The first kappa shape index (κ1) is 14.5. The molecule has 2 fully saturated rings. The zero-order chi connectivity index (χ0) is 14.7. The smallest absolute Gasteiger partial charge is 0.226 e. The second kappa shape index (κ2) is 6.58. The first-order chi connectivity index (χ1) is 10.3. The summed E-state index contributed by atoms with van der Waals surface area (Å²) in [7, 11) is 0. The Hall–Kier alpha value is -1.40. The molecule has 0 aromatic carbocycles. The minimum absolute atomic E-state index is 0.0281. The molecule has 6 nitrogen and oxygen atoms in total. The van der Waals surface area contributed by atoms with Crippen LogP contribution in [-0.2, 0) is 16.1 Å². The molecule has 1 saturated carbocycles. The van der Waals surface area contributed by atoms with E-state index in [9.17, 15) is 4.79 Å². The highest BCUT2D eigenvalue weighted by Crippen LogP contribution is 2.32. The molecule has 1 aliphatic carbocycles. The van der Waals surface area contributed by atoms with E-state index in [2.05, 4.69) is 5.10 Å². The van der Waals surface area contributed by atoms with Crippen LogP contribution in [0.25, 0.3) is 0 Å². The Morgan fingerprint density at radius 1 is 1.43 bits per heavy atom. The summed E-state index contributed by atoms with van der Waals surface area (Å²) in [6, 6.07) is 1.90. The Bertz CT molecular complexity index is 462. The summed E-state index contributed by atoms with van der Waals surface area (Å²) < 4.78 is 7.63. The molecule has 1 amide bonds. The maximum atomic E-state index is 12.7. The van der Waals surface area contributed by atoms with Gasteiger partial charge in [-0.3, -0.25) is 9.48 Å². The average Bonchev–Trinajstić information content (AvgIpc) is 3.17. The quantitative estimate of drug-likeness (QED) is 0.876. The van der Waals surface area contributed by atoms with E-state index in [1.54, 1.807) is 6.20 Å². The van der Waals surface area contributed by atoms with E-state index in [4.69, 9.17) is 10.5 Å². The normalized spacial score (nSPS) is 29.8. The maximum Gasteiger partial charge on any atom is 0.226 e. The zero-order valence-corrected chi connectivity index (χ0v) is 12.4. The lowest BCUT2D eigenvalue weighted by molar-refractivity contribution is -0.144. The number of amides is 1. The van der Waals surface area contributed by atoms with Gasteiger partial charge in [0.2, 0.25) is 5.91 Å². The van der Waals surface area contributed by atoms with Crippen molar-refractivity contribution in [2.45, 2.75) is 31.9 Å². The Morgan fingerprint density at radius 3 is 3.10 bits per heavy atom. The van der Waals surface area contributed by atoms with E-state index < -0.39 is 0 Å². The molecule has 1 aromatic rings. The lowest BCUT2D eigenvalue weighted by Gasteiger charge is -2.35. The molecule has 3 rings (SSSR count). The van der Waals surface area contributed by atoms with E-state index in [1.807, 2.05) is 21.8 Å². The van der Waals surface area contributed by atoms with Gasteiger partial charge in [0.1, 0.15) is 0 Å². The van der Waals surface area contributed by atoms with Gasteiger partial charge >= 0.3 is 0 Å². The third kappa shape index (κ3) is 3.27. The van der Waals surface area contributed by atoms with E-state index in [-0.39, 0.29) is 17.9 Å². The molecule has 0 bridgehead atoms. The SMILES string of the molecule is NC[C@H]1CCC[C@H]1C(=O)N1CCOC(Cn2cccn2)C1.